The van der Waals surface area contributed by atoms with Crippen LogP contribution in [-0.2, 0) is 10.3 Å². The molecule has 0 spiro atoms. The molecule has 1 atom stereocenters. The Bertz CT molecular complexity index is 573. The topological polar surface area (TPSA) is 80.9 Å². The van der Waals surface area contributed by atoms with Crippen molar-refractivity contribution in [3.8, 4) is 0 Å². The van der Waals surface area contributed by atoms with Crippen LogP contribution < -0.4 is 11.1 Å². The maximum absolute atomic E-state index is 11.8. The Morgan fingerprint density at radius 3 is 2.53 bits per heavy atom. The summed E-state index contributed by atoms with van der Waals surface area (Å²) in [5, 5.41) is 3.10. The summed E-state index contributed by atoms with van der Waals surface area (Å²) in [4.78, 5) is 19.9. The largest absolute Gasteiger partial charge is 0.367 e. The van der Waals surface area contributed by atoms with Crippen LogP contribution >= 0.6 is 15.9 Å². The highest BCUT2D eigenvalue weighted by atomic mass is 79.9. The van der Waals surface area contributed by atoms with Crippen molar-refractivity contribution in [3.63, 3.8) is 0 Å². The van der Waals surface area contributed by atoms with E-state index in [-0.39, 0.29) is 0 Å². The lowest BCUT2D eigenvalue weighted by Gasteiger charge is -2.27. The van der Waals surface area contributed by atoms with Gasteiger partial charge >= 0.3 is 0 Å². The molecule has 0 aliphatic carbocycles. The summed E-state index contributed by atoms with van der Waals surface area (Å²) < 4.78 is 0.957. The van der Waals surface area contributed by atoms with Crippen LogP contribution in [0.15, 0.2) is 47.3 Å². The zero-order chi connectivity index (χ0) is 13.9. The highest BCUT2D eigenvalue weighted by Crippen LogP contribution is 2.24. The van der Waals surface area contributed by atoms with E-state index in [1.807, 2.05) is 24.3 Å². The standard InChI is InChI=1S/C13H13BrN4O/c1-13(12(15)19,11-8-16-6-7-17-11)18-10-4-2-9(14)3-5-10/h2-8,18H,1H3,(H2,15,19). The Morgan fingerprint density at radius 1 is 1.32 bits per heavy atom. The number of nitrogens with one attached hydrogen (secondary N) is 1. The van der Waals surface area contributed by atoms with Crippen molar-refractivity contribution in [1.29, 1.82) is 0 Å². The number of hydrogen-bond acceptors (Lipinski definition) is 4. The first-order chi connectivity index (χ1) is 9.02. The number of carbonyl (C=O) groups is 1. The van der Waals surface area contributed by atoms with Crippen LogP contribution in [-0.4, -0.2) is 15.9 Å². The predicted molar refractivity (Wildman–Crippen MR) is 76.3 cm³/mol. The smallest absolute Gasteiger partial charge is 0.249 e. The number of primary amides is 1. The quantitative estimate of drug-likeness (QED) is 0.903. The first-order valence-corrected chi connectivity index (χ1v) is 6.42. The molecule has 2 rings (SSSR count). The molecule has 2 aromatic rings. The molecule has 0 aliphatic heterocycles. The van der Waals surface area contributed by atoms with Gasteiger partial charge in [-0.05, 0) is 31.2 Å². The van der Waals surface area contributed by atoms with E-state index in [0.29, 0.717) is 5.69 Å². The third-order valence-corrected chi connectivity index (χ3v) is 3.34. The number of benzene rings is 1. The molecule has 5 nitrogen and oxygen atoms in total. The maximum Gasteiger partial charge on any atom is 0.249 e. The Hall–Kier alpha value is -1.95. The van der Waals surface area contributed by atoms with E-state index in [2.05, 4.69) is 31.2 Å². The second-order valence-corrected chi connectivity index (χ2v) is 5.13. The van der Waals surface area contributed by atoms with Crippen molar-refractivity contribution in [2.24, 2.45) is 5.73 Å². The van der Waals surface area contributed by atoms with Gasteiger partial charge in [0.25, 0.3) is 0 Å². The molecule has 0 saturated heterocycles. The molecule has 1 unspecified atom stereocenters. The molecular formula is C13H13BrN4O. The van der Waals surface area contributed by atoms with Gasteiger partial charge in [0.05, 0.1) is 11.9 Å². The van der Waals surface area contributed by atoms with E-state index in [4.69, 9.17) is 5.73 Å². The lowest BCUT2D eigenvalue weighted by Crippen LogP contribution is -2.45. The van der Waals surface area contributed by atoms with Gasteiger partial charge in [0.15, 0.2) is 5.54 Å². The number of nitrogens with two attached hydrogens (primary N) is 1. The minimum absolute atomic E-state index is 0.477. The van der Waals surface area contributed by atoms with Gasteiger partial charge < -0.3 is 11.1 Å². The summed E-state index contributed by atoms with van der Waals surface area (Å²) in [6, 6.07) is 7.45. The first kappa shape index (κ1) is 13.5. The summed E-state index contributed by atoms with van der Waals surface area (Å²) in [5.41, 5.74) is 5.64. The van der Waals surface area contributed by atoms with E-state index in [0.717, 1.165) is 10.2 Å². The summed E-state index contributed by atoms with van der Waals surface area (Å²) in [5.74, 6) is -0.518. The van der Waals surface area contributed by atoms with Crippen molar-refractivity contribution >= 4 is 27.5 Å². The third kappa shape index (κ3) is 2.90. The molecular weight excluding hydrogens is 308 g/mol. The van der Waals surface area contributed by atoms with E-state index >= 15 is 0 Å². The normalized spacial score (nSPS) is 13.6. The van der Waals surface area contributed by atoms with E-state index in [1.165, 1.54) is 12.4 Å². The highest BCUT2D eigenvalue weighted by Gasteiger charge is 2.34. The molecule has 1 heterocycles. The highest BCUT2D eigenvalue weighted by molar-refractivity contribution is 9.10. The average Bonchev–Trinajstić information content (AvgIpc) is 2.42. The predicted octanol–water partition coefficient (Wildman–Crippen LogP) is 2.05. The van der Waals surface area contributed by atoms with Gasteiger partial charge in [-0.2, -0.15) is 0 Å². The number of hydrogen-bond donors (Lipinski definition) is 2. The number of carbonyl (C=O) groups excluding carboxylic acids is 1. The van der Waals surface area contributed by atoms with E-state index in [1.54, 1.807) is 13.1 Å². The average molecular weight is 321 g/mol. The summed E-state index contributed by atoms with van der Waals surface area (Å²) >= 11 is 3.36. The number of aromatic nitrogens is 2. The number of nitrogens with zero attached hydrogens (tertiary/aromatic N) is 2. The first-order valence-electron chi connectivity index (χ1n) is 5.62. The van der Waals surface area contributed by atoms with Crippen LogP contribution in [0.25, 0.3) is 0 Å². The number of anilines is 1. The fourth-order valence-corrected chi connectivity index (χ4v) is 1.90. The zero-order valence-electron chi connectivity index (χ0n) is 10.3. The Labute approximate surface area is 119 Å². The minimum Gasteiger partial charge on any atom is -0.367 e. The second-order valence-electron chi connectivity index (χ2n) is 4.21. The van der Waals surface area contributed by atoms with Crippen LogP contribution in [0.2, 0.25) is 0 Å². The van der Waals surface area contributed by atoms with Crippen molar-refractivity contribution in [1.82, 2.24) is 9.97 Å². The molecule has 19 heavy (non-hydrogen) atoms. The van der Waals surface area contributed by atoms with Crippen LogP contribution in [0.3, 0.4) is 0 Å². The lowest BCUT2D eigenvalue weighted by molar-refractivity contribution is -0.122. The monoisotopic (exact) mass is 320 g/mol. The van der Waals surface area contributed by atoms with Gasteiger partial charge in [-0.1, -0.05) is 15.9 Å². The SMILES string of the molecule is CC(Nc1ccc(Br)cc1)(C(N)=O)c1cnccn1. The minimum atomic E-state index is -1.11. The number of halogens is 1. The molecule has 1 amide bonds. The molecule has 6 heteroatoms. The van der Waals surface area contributed by atoms with Crippen LogP contribution in [0.1, 0.15) is 12.6 Å². The Morgan fingerprint density at radius 2 is 2.00 bits per heavy atom. The van der Waals surface area contributed by atoms with Gasteiger partial charge in [-0.3, -0.25) is 14.8 Å². The number of rotatable bonds is 4. The number of amides is 1. The summed E-state index contributed by atoms with van der Waals surface area (Å²) in [6.45, 7) is 1.68. The molecule has 3 N–H and O–H groups in total. The molecule has 0 radical (unpaired) electrons. The van der Waals surface area contributed by atoms with Crippen molar-refractivity contribution in [2.75, 3.05) is 5.32 Å². The van der Waals surface area contributed by atoms with Gasteiger partial charge in [0.2, 0.25) is 5.91 Å². The molecule has 0 fully saturated rings. The molecule has 0 saturated carbocycles. The zero-order valence-corrected chi connectivity index (χ0v) is 11.9. The van der Waals surface area contributed by atoms with Crippen LogP contribution in [0.4, 0.5) is 5.69 Å². The van der Waals surface area contributed by atoms with E-state index < -0.39 is 11.4 Å². The van der Waals surface area contributed by atoms with E-state index in [9.17, 15) is 4.79 Å². The molecule has 98 valence electrons. The third-order valence-electron chi connectivity index (χ3n) is 2.81. The Kier molecular flexibility index (Phi) is 3.80. The fraction of sp³-hybridized carbons (Fsp3) is 0.154. The Balaban J connectivity index is 2.36. The summed E-state index contributed by atoms with van der Waals surface area (Å²) in [7, 11) is 0. The maximum atomic E-state index is 11.8. The van der Waals surface area contributed by atoms with Crippen LogP contribution in [0.5, 0.6) is 0 Å². The van der Waals surface area contributed by atoms with Gasteiger partial charge in [-0.25, -0.2) is 0 Å². The van der Waals surface area contributed by atoms with Crippen molar-refractivity contribution in [3.05, 3.63) is 53.0 Å². The van der Waals surface area contributed by atoms with Gasteiger partial charge in [-0.15, -0.1) is 0 Å². The molecule has 1 aromatic carbocycles. The molecule has 1 aromatic heterocycles. The van der Waals surface area contributed by atoms with Crippen LogP contribution in [0, 0.1) is 0 Å². The van der Waals surface area contributed by atoms with Gasteiger partial charge in [0, 0.05) is 22.6 Å². The van der Waals surface area contributed by atoms with Crippen molar-refractivity contribution in [2.45, 2.75) is 12.5 Å². The summed E-state index contributed by atoms with van der Waals surface area (Å²) in [6.07, 6.45) is 4.60. The second kappa shape index (κ2) is 5.36. The fourth-order valence-electron chi connectivity index (χ4n) is 1.63. The van der Waals surface area contributed by atoms with Crippen molar-refractivity contribution < 1.29 is 4.79 Å². The van der Waals surface area contributed by atoms with Gasteiger partial charge in [0.1, 0.15) is 0 Å². The lowest BCUT2D eigenvalue weighted by atomic mass is 9.96. The molecule has 0 aliphatic rings. The molecule has 0 bridgehead atoms.